The van der Waals surface area contributed by atoms with E-state index in [9.17, 15) is 9.59 Å². The van der Waals surface area contributed by atoms with E-state index >= 15 is 0 Å². The monoisotopic (exact) mass is 495 g/mol. The van der Waals surface area contributed by atoms with Crippen LogP contribution in [0.5, 0.6) is 0 Å². The average molecular weight is 496 g/mol. The van der Waals surface area contributed by atoms with Gasteiger partial charge in [0, 0.05) is 26.6 Å². The molecule has 1 amide bonds. The highest BCUT2D eigenvalue weighted by molar-refractivity contribution is 6.33. The van der Waals surface area contributed by atoms with E-state index < -0.39 is 11.3 Å². The second kappa shape index (κ2) is 9.12. The first-order valence-corrected chi connectivity index (χ1v) is 11.4. The molecule has 2 aromatic carbocycles. The number of hydrogen-bond donors (Lipinski definition) is 2. The maximum absolute atomic E-state index is 13.2. The zero-order valence-corrected chi connectivity index (χ0v) is 20.4. The molecule has 0 unspecified atom stereocenters. The summed E-state index contributed by atoms with van der Waals surface area (Å²) in [6.07, 6.45) is 0. The van der Waals surface area contributed by atoms with Crippen LogP contribution in [0.1, 0.15) is 31.3 Å². The summed E-state index contributed by atoms with van der Waals surface area (Å²) in [4.78, 5) is 29.5. The Hall–Kier alpha value is -3.35. The predicted molar refractivity (Wildman–Crippen MR) is 136 cm³/mol. The minimum Gasteiger partial charge on any atom is -0.432 e. The lowest BCUT2D eigenvalue weighted by atomic mass is 9.89. The molecule has 34 heavy (non-hydrogen) atoms. The van der Waals surface area contributed by atoms with Gasteiger partial charge in [-0.3, -0.25) is 9.59 Å². The number of aromatic nitrogens is 1. The van der Waals surface area contributed by atoms with Crippen molar-refractivity contribution in [3.63, 3.8) is 0 Å². The number of fused-ring (bicyclic) bond motifs is 1. The molecule has 0 fully saturated rings. The van der Waals surface area contributed by atoms with Crippen molar-refractivity contribution in [3.05, 3.63) is 70.4 Å². The molecular weight excluding hydrogens is 473 g/mol. The zero-order valence-electron chi connectivity index (χ0n) is 18.9. The van der Waals surface area contributed by atoms with E-state index in [1.165, 1.54) is 0 Å². The van der Waals surface area contributed by atoms with Gasteiger partial charge in [0.1, 0.15) is 0 Å². The second-order valence-electron chi connectivity index (χ2n) is 8.93. The molecular formula is C26H23Cl2N3O3. The van der Waals surface area contributed by atoms with Gasteiger partial charge in [-0.2, -0.15) is 0 Å². The minimum absolute atomic E-state index is 0.0922. The van der Waals surface area contributed by atoms with E-state index in [-0.39, 0.29) is 23.8 Å². The van der Waals surface area contributed by atoms with Crippen LogP contribution in [0.4, 0.5) is 5.69 Å². The van der Waals surface area contributed by atoms with E-state index in [0.717, 1.165) is 11.1 Å². The number of rotatable bonds is 6. The molecule has 4 rings (SSSR count). The molecule has 4 aromatic rings. The summed E-state index contributed by atoms with van der Waals surface area (Å²) >= 11 is 12.6. The number of pyridine rings is 1. The fourth-order valence-electron chi connectivity index (χ4n) is 3.58. The van der Waals surface area contributed by atoms with Crippen LogP contribution in [-0.2, 0) is 4.79 Å². The van der Waals surface area contributed by atoms with Crippen molar-refractivity contribution in [2.24, 2.45) is 11.1 Å². The highest BCUT2D eigenvalue weighted by atomic mass is 35.5. The normalized spacial score (nSPS) is 11.6. The number of amides is 1. The molecule has 6 nitrogen and oxygen atoms in total. The Morgan fingerprint density at radius 1 is 1.03 bits per heavy atom. The van der Waals surface area contributed by atoms with Crippen LogP contribution in [0.15, 0.2) is 59.0 Å². The van der Waals surface area contributed by atoms with Crippen molar-refractivity contribution in [2.45, 2.75) is 20.8 Å². The van der Waals surface area contributed by atoms with Crippen LogP contribution in [-0.4, -0.2) is 23.2 Å². The molecule has 0 aliphatic heterocycles. The zero-order chi connectivity index (χ0) is 24.6. The van der Waals surface area contributed by atoms with E-state index in [1.54, 1.807) is 39.0 Å². The summed E-state index contributed by atoms with van der Waals surface area (Å²) in [6, 6.07) is 16.6. The van der Waals surface area contributed by atoms with Gasteiger partial charge in [-0.1, -0.05) is 74.3 Å². The van der Waals surface area contributed by atoms with Gasteiger partial charge in [0.25, 0.3) is 0 Å². The van der Waals surface area contributed by atoms with Crippen molar-refractivity contribution in [1.82, 2.24) is 4.98 Å². The van der Waals surface area contributed by atoms with E-state index in [0.29, 0.717) is 32.4 Å². The first kappa shape index (κ1) is 23.8. The van der Waals surface area contributed by atoms with Crippen LogP contribution >= 0.6 is 23.2 Å². The van der Waals surface area contributed by atoms with Gasteiger partial charge in [0.15, 0.2) is 5.76 Å². The van der Waals surface area contributed by atoms with Crippen molar-refractivity contribution in [3.8, 4) is 22.4 Å². The number of nitrogens with zero attached hydrogens (tertiary/aromatic N) is 1. The first-order valence-electron chi connectivity index (χ1n) is 10.6. The molecule has 0 bridgehead atoms. The van der Waals surface area contributed by atoms with Crippen molar-refractivity contribution >= 4 is 51.7 Å². The molecule has 8 heteroatoms. The van der Waals surface area contributed by atoms with Gasteiger partial charge in [-0.15, -0.1) is 0 Å². The Kier molecular flexibility index (Phi) is 6.39. The number of benzene rings is 2. The molecule has 174 valence electrons. The number of anilines is 1. The van der Waals surface area contributed by atoms with Crippen molar-refractivity contribution in [2.75, 3.05) is 11.9 Å². The molecule has 3 N–H and O–H groups in total. The largest absolute Gasteiger partial charge is 0.432 e. The molecule has 0 aliphatic carbocycles. The number of carbonyl (C=O) groups is 2. The summed E-state index contributed by atoms with van der Waals surface area (Å²) in [5.74, 6) is -0.707. The number of primary amides is 1. The maximum Gasteiger partial charge on any atom is 0.236 e. The topological polar surface area (TPSA) is 98.2 Å². The third-order valence-electron chi connectivity index (χ3n) is 5.29. The van der Waals surface area contributed by atoms with Crippen LogP contribution < -0.4 is 11.1 Å². The minimum atomic E-state index is -0.721. The van der Waals surface area contributed by atoms with Crippen LogP contribution in [0.25, 0.3) is 33.5 Å². The Morgan fingerprint density at radius 3 is 2.32 bits per heavy atom. The molecule has 0 spiro atoms. The summed E-state index contributed by atoms with van der Waals surface area (Å²) in [5.41, 5.74) is 8.16. The van der Waals surface area contributed by atoms with Gasteiger partial charge in [0.2, 0.25) is 17.4 Å². The number of nitrogens with one attached hydrogen (secondary N) is 1. The lowest BCUT2D eigenvalue weighted by Crippen LogP contribution is -2.24. The Morgan fingerprint density at radius 2 is 1.71 bits per heavy atom. The number of nitrogens with two attached hydrogens (primary N) is 1. The third kappa shape index (κ3) is 4.65. The van der Waals surface area contributed by atoms with Crippen LogP contribution in [0, 0.1) is 5.41 Å². The summed E-state index contributed by atoms with van der Waals surface area (Å²) in [7, 11) is 0. The summed E-state index contributed by atoms with van der Waals surface area (Å²) in [6.45, 7) is 5.22. The fourth-order valence-corrected chi connectivity index (χ4v) is 3.93. The molecule has 0 radical (unpaired) electrons. The van der Waals surface area contributed by atoms with Gasteiger partial charge in [-0.25, -0.2) is 4.98 Å². The smallest absolute Gasteiger partial charge is 0.236 e. The molecule has 0 saturated heterocycles. The molecule has 0 aliphatic rings. The number of halogens is 2. The van der Waals surface area contributed by atoms with Gasteiger partial charge >= 0.3 is 0 Å². The van der Waals surface area contributed by atoms with Gasteiger partial charge in [-0.05, 0) is 29.8 Å². The van der Waals surface area contributed by atoms with Crippen LogP contribution in [0.2, 0.25) is 10.0 Å². The Balaban J connectivity index is 2.04. The Labute approximate surface area is 207 Å². The lowest BCUT2D eigenvalue weighted by molar-refractivity contribution is -0.116. The number of furan rings is 1. The molecule has 0 saturated carbocycles. The van der Waals surface area contributed by atoms with Gasteiger partial charge in [0.05, 0.1) is 23.3 Å². The second-order valence-corrected chi connectivity index (χ2v) is 9.77. The molecule has 0 atom stereocenters. The SMILES string of the molecule is CC(C)(C)C(=O)c1oc2nc(-c3ccccc3Cl)c(-c3ccc(Cl)cc3)cc2c1NCC(N)=O. The van der Waals surface area contributed by atoms with Crippen LogP contribution in [0.3, 0.4) is 0 Å². The van der Waals surface area contributed by atoms with Crippen molar-refractivity contribution < 1.29 is 14.0 Å². The number of hydrogen-bond acceptors (Lipinski definition) is 5. The average Bonchev–Trinajstić information content (AvgIpc) is 3.13. The van der Waals surface area contributed by atoms with Gasteiger partial charge < -0.3 is 15.5 Å². The highest BCUT2D eigenvalue weighted by Crippen LogP contribution is 2.41. The summed E-state index contributed by atoms with van der Waals surface area (Å²) in [5, 5.41) is 4.64. The summed E-state index contributed by atoms with van der Waals surface area (Å²) < 4.78 is 5.99. The van der Waals surface area contributed by atoms with E-state index in [4.69, 9.17) is 38.3 Å². The molecule has 2 aromatic heterocycles. The lowest BCUT2D eigenvalue weighted by Gasteiger charge is -2.15. The highest BCUT2D eigenvalue weighted by Gasteiger charge is 2.31. The quantitative estimate of drug-likeness (QED) is 0.293. The molecule has 2 heterocycles. The fraction of sp³-hybridized carbons (Fsp3) is 0.192. The predicted octanol–water partition coefficient (Wildman–Crippen LogP) is 6.59. The van der Waals surface area contributed by atoms with E-state index in [2.05, 4.69) is 5.32 Å². The van der Waals surface area contributed by atoms with Crippen molar-refractivity contribution in [1.29, 1.82) is 0 Å². The number of carbonyl (C=O) groups excluding carboxylic acids is 2. The third-order valence-corrected chi connectivity index (χ3v) is 5.88. The maximum atomic E-state index is 13.2. The Bertz CT molecular complexity index is 1400. The number of ketones is 1. The standard InChI is InChI=1S/C26H23Cl2N3O3/c1-26(2,3)24(33)23-22(30-13-20(29)32)18-12-17(14-8-10-15(27)11-9-14)21(31-25(18)34-23)16-6-4-5-7-19(16)28/h4-12,30H,13H2,1-3H3,(H2,29,32). The number of Topliss-reactive ketones (excluding diaryl/α,β-unsaturated/α-hetero) is 1. The van der Waals surface area contributed by atoms with E-state index in [1.807, 2.05) is 36.4 Å². The first-order chi connectivity index (χ1) is 16.1.